The predicted molar refractivity (Wildman–Crippen MR) is 69.1 cm³/mol. The van der Waals surface area contributed by atoms with Crippen molar-refractivity contribution in [3.05, 3.63) is 34.5 Å². The molecule has 0 atom stereocenters. The van der Waals surface area contributed by atoms with E-state index in [2.05, 4.69) is 9.97 Å². The molecule has 0 saturated carbocycles. The third-order valence-electron chi connectivity index (χ3n) is 2.68. The number of pyridine rings is 1. The fourth-order valence-corrected chi connectivity index (χ4v) is 2.83. The van der Waals surface area contributed by atoms with Gasteiger partial charge in [-0.2, -0.15) is 13.2 Å². The second-order valence-corrected chi connectivity index (χ2v) is 5.39. The normalized spacial score (nSPS) is 11.8. The Morgan fingerprint density at radius 3 is 2.63 bits per heavy atom. The van der Waals surface area contributed by atoms with Gasteiger partial charge in [0.25, 0.3) is 0 Å². The van der Waals surface area contributed by atoms with Crippen molar-refractivity contribution in [3.63, 3.8) is 0 Å². The van der Waals surface area contributed by atoms with E-state index in [1.165, 1.54) is 6.92 Å². The number of hydrogen-bond acceptors (Lipinski definition) is 3. The van der Waals surface area contributed by atoms with E-state index in [4.69, 9.17) is 0 Å². The standard InChI is InChI=1S/C13H13F3N2S/c1-3-5-9-6-4-7-17-10(9)12-18-11(8(2)19-12)13(14,15)16/h4,6-7H,3,5H2,1-2H3. The Hall–Kier alpha value is -1.43. The van der Waals surface area contributed by atoms with Crippen molar-refractivity contribution < 1.29 is 13.2 Å². The minimum Gasteiger partial charge on any atom is -0.253 e. The summed E-state index contributed by atoms with van der Waals surface area (Å²) < 4.78 is 38.3. The van der Waals surface area contributed by atoms with Gasteiger partial charge in [-0.15, -0.1) is 11.3 Å². The number of halogens is 3. The fraction of sp³-hybridized carbons (Fsp3) is 0.385. The molecule has 0 amide bonds. The van der Waals surface area contributed by atoms with Crippen LogP contribution in [0.5, 0.6) is 0 Å². The predicted octanol–water partition coefficient (Wildman–Crippen LogP) is 4.48. The summed E-state index contributed by atoms with van der Waals surface area (Å²) in [5.74, 6) is 0. The maximum Gasteiger partial charge on any atom is 0.434 e. The lowest BCUT2D eigenvalue weighted by atomic mass is 10.1. The molecule has 2 rings (SSSR count). The highest BCUT2D eigenvalue weighted by Gasteiger charge is 2.36. The van der Waals surface area contributed by atoms with Crippen LogP contribution < -0.4 is 0 Å². The molecule has 2 aromatic heterocycles. The first-order valence-electron chi connectivity index (χ1n) is 5.92. The maximum absolute atomic E-state index is 12.8. The van der Waals surface area contributed by atoms with Crippen molar-refractivity contribution in [1.82, 2.24) is 9.97 Å². The minimum absolute atomic E-state index is 0.176. The van der Waals surface area contributed by atoms with E-state index in [9.17, 15) is 13.2 Å². The number of rotatable bonds is 3. The van der Waals surface area contributed by atoms with E-state index >= 15 is 0 Å². The molecule has 0 fully saturated rings. The second kappa shape index (κ2) is 5.28. The van der Waals surface area contributed by atoms with Crippen LogP contribution in [0.2, 0.25) is 0 Å². The number of nitrogens with zero attached hydrogens (tertiary/aromatic N) is 2. The van der Waals surface area contributed by atoms with Crippen LogP contribution in [0.1, 0.15) is 29.5 Å². The molecule has 0 aliphatic heterocycles. The van der Waals surface area contributed by atoms with Crippen LogP contribution >= 0.6 is 11.3 Å². The molecule has 2 nitrogen and oxygen atoms in total. The molecule has 0 radical (unpaired) electrons. The van der Waals surface area contributed by atoms with Gasteiger partial charge in [0, 0.05) is 11.1 Å². The first-order valence-corrected chi connectivity index (χ1v) is 6.74. The summed E-state index contributed by atoms with van der Waals surface area (Å²) in [5.41, 5.74) is 0.695. The quantitative estimate of drug-likeness (QED) is 0.831. The summed E-state index contributed by atoms with van der Waals surface area (Å²) in [6.07, 6.45) is -1.13. The molecule has 0 spiro atoms. The number of thiazole rings is 1. The third kappa shape index (κ3) is 2.94. The minimum atomic E-state index is -4.40. The molecule has 2 aromatic rings. The first kappa shape index (κ1) is 14.0. The highest BCUT2D eigenvalue weighted by atomic mass is 32.1. The lowest BCUT2D eigenvalue weighted by Gasteiger charge is -2.04. The molecule has 19 heavy (non-hydrogen) atoms. The SMILES string of the molecule is CCCc1cccnc1-c1nc(C(F)(F)F)c(C)s1. The molecular weight excluding hydrogens is 273 g/mol. The summed E-state index contributed by atoms with van der Waals surface area (Å²) >= 11 is 1.04. The summed E-state index contributed by atoms with van der Waals surface area (Å²) in [6.45, 7) is 3.46. The Labute approximate surface area is 113 Å². The summed E-state index contributed by atoms with van der Waals surface area (Å²) in [4.78, 5) is 8.09. The van der Waals surface area contributed by atoms with Gasteiger partial charge in [-0.25, -0.2) is 4.98 Å². The van der Waals surface area contributed by atoms with Crippen molar-refractivity contribution in [1.29, 1.82) is 0 Å². The number of aromatic nitrogens is 2. The Bertz CT molecular complexity index is 576. The van der Waals surface area contributed by atoms with Crippen LogP contribution in [0, 0.1) is 6.92 Å². The van der Waals surface area contributed by atoms with Crippen molar-refractivity contribution in [2.75, 3.05) is 0 Å². The van der Waals surface area contributed by atoms with Gasteiger partial charge in [0.1, 0.15) is 10.7 Å². The van der Waals surface area contributed by atoms with Gasteiger partial charge in [-0.05, 0) is 25.0 Å². The zero-order valence-corrected chi connectivity index (χ0v) is 11.4. The van der Waals surface area contributed by atoms with E-state index in [1.54, 1.807) is 12.3 Å². The zero-order valence-electron chi connectivity index (χ0n) is 10.6. The molecule has 0 aliphatic carbocycles. The van der Waals surface area contributed by atoms with Crippen molar-refractivity contribution >= 4 is 11.3 Å². The van der Waals surface area contributed by atoms with Gasteiger partial charge in [-0.1, -0.05) is 19.4 Å². The molecule has 0 N–H and O–H groups in total. The Balaban J connectivity index is 2.49. The van der Waals surface area contributed by atoms with Crippen LogP contribution in [-0.4, -0.2) is 9.97 Å². The van der Waals surface area contributed by atoms with Crippen LogP contribution in [0.4, 0.5) is 13.2 Å². The van der Waals surface area contributed by atoms with Crippen LogP contribution in [0.3, 0.4) is 0 Å². The summed E-state index contributed by atoms with van der Waals surface area (Å²) in [6, 6.07) is 3.68. The number of alkyl halides is 3. The molecule has 0 aliphatic rings. The average molecular weight is 286 g/mol. The average Bonchev–Trinajstić information content (AvgIpc) is 2.72. The van der Waals surface area contributed by atoms with Crippen LogP contribution in [0.25, 0.3) is 10.7 Å². The van der Waals surface area contributed by atoms with Gasteiger partial charge in [-0.3, -0.25) is 4.98 Å². The van der Waals surface area contributed by atoms with E-state index in [1.807, 2.05) is 13.0 Å². The molecule has 102 valence electrons. The molecule has 0 saturated heterocycles. The van der Waals surface area contributed by atoms with E-state index in [0.717, 1.165) is 29.7 Å². The highest BCUT2D eigenvalue weighted by molar-refractivity contribution is 7.15. The zero-order chi connectivity index (χ0) is 14.0. The van der Waals surface area contributed by atoms with Gasteiger partial charge >= 0.3 is 6.18 Å². The molecular formula is C13H13F3N2S. The maximum atomic E-state index is 12.8. The Kier molecular flexibility index (Phi) is 3.89. The smallest absolute Gasteiger partial charge is 0.253 e. The van der Waals surface area contributed by atoms with Crippen molar-refractivity contribution in [2.24, 2.45) is 0 Å². The largest absolute Gasteiger partial charge is 0.434 e. The molecule has 0 bridgehead atoms. The first-order chi connectivity index (χ1) is 8.93. The summed E-state index contributed by atoms with van der Waals surface area (Å²) in [7, 11) is 0. The number of hydrogen-bond donors (Lipinski definition) is 0. The second-order valence-electron chi connectivity index (χ2n) is 4.18. The number of aryl methyl sites for hydroxylation is 2. The van der Waals surface area contributed by atoms with E-state index < -0.39 is 11.9 Å². The van der Waals surface area contributed by atoms with Crippen LogP contribution in [-0.2, 0) is 12.6 Å². The topological polar surface area (TPSA) is 25.8 Å². The molecule has 0 aromatic carbocycles. The van der Waals surface area contributed by atoms with Gasteiger partial charge in [0.05, 0.1) is 0 Å². The van der Waals surface area contributed by atoms with Gasteiger partial charge in [0.2, 0.25) is 0 Å². The fourth-order valence-electron chi connectivity index (χ4n) is 1.86. The lowest BCUT2D eigenvalue weighted by Crippen LogP contribution is -2.07. The highest BCUT2D eigenvalue weighted by Crippen LogP contribution is 2.37. The lowest BCUT2D eigenvalue weighted by molar-refractivity contribution is -0.141. The Morgan fingerprint density at radius 2 is 2.05 bits per heavy atom. The van der Waals surface area contributed by atoms with Gasteiger partial charge < -0.3 is 0 Å². The third-order valence-corrected chi connectivity index (χ3v) is 3.66. The van der Waals surface area contributed by atoms with E-state index in [-0.39, 0.29) is 4.88 Å². The monoisotopic (exact) mass is 286 g/mol. The summed E-state index contributed by atoms with van der Waals surface area (Å²) in [5, 5.41) is 0.342. The van der Waals surface area contributed by atoms with Crippen molar-refractivity contribution in [3.8, 4) is 10.7 Å². The van der Waals surface area contributed by atoms with Gasteiger partial charge in [0.15, 0.2) is 5.69 Å². The molecule has 6 heteroatoms. The molecule has 0 unspecified atom stereocenters. The van der Waals surface area contributed by atoms with Crippen LogP contribution in [0.15, 0.2) is 18.3 Å². The van der Waals surface area contributed by atoms with Crippen molar-refractivity contribution in [2.45, 2.75) is 32.9 Å². The van der Waals surface area contributed by atoms with E-state index in [0.29, 0.717) is 10.7 Å². The molecule has 2 heterocycles. The Morgan fingerprint density at radius 1 is 1.32 bits per heavy atom.